The van der Waals surface area contributed by atoms with E-state index in [1.165, 1.54) is 22.9 Å². The molecular weight excluding hydrogens is 508 g/mol. The standard InChI is InChI=1S/C24H21Cl2F3N2O4/c1-23(2,3)22(33)35-13-34-21(32)9-8-19-17-7-5-15(24(27,28)29)10-20(17)31(30-19)12-14-4-6-16(25)11-18(14)26/h4-11H,12-13H2,1-3H3. The van der Waals surface area contributed by atoms with E-state index < -0.39 is 35.9 Å². The SMILES string of the molecule is CC(C)(C)C(=O)OCOC(=O)C=Cc1nn(Cc2ccc(Cl)cc2Cl)c2cc(C(F)(F)F)ccc12. The largest absolute Gasteiger partial charge is 0.427 e. The number of benzene rings is 2. The van der Waals surface area contributed by atoms with Crippen LogP contribution >= 0.6 is 23.2 Å². The van der Waals surface area contributed by atoms with E-state index in [-0.39, 0.29) is 17.8 Å². The van der Waals surface area contributed by atoms with Crippen molar-refractivity contribution in [3.8, 4) is 0 Å². The Morgan fingerprint density at radius 2 is 1.77 bits per heavy atom. The highest BCUT2D eigenvalue weighted by Gasteiger charge is 2.31. The second kappa shape index (κ2) is 10.3. The number of carbonyl (C=O) groups excluding carboxylic acids is 2. The van der Waals surface area contributed by atoms with Gasteiger partial charge in [0.2, 0.25) is 6.79 Å². The minimum absolute atomic E-state index is 0.0643. The van der Waals surface area contributed by atoms with Crippen molar-refractivity contribution in [1.29, 1.82) is 0 Å². The van der Waals surface area contributed by atoms with Crippen LogP contribution in [0.4, 0.5) is 13.2 Å². The van der Waals surface area contributed by atoms with E-state index in [1.807, 2.05) is 0 Å². The number of hydrogen-bond acceptors (Lipinski definition) is 5. The van der Waals surface area contributed by atoms with E-state index in [0.29, 0.717) is 21.0 Å². The van der Waals surface area contributed by atoms with E-state index in [0.717, 1.165) is 18.2 Å². The number of alkyl halides is 3. The maximum atomic E-state index is 13.3. The first-order chi connectivity index (χ1) is 16.3. The highest BCUT2D eigenvalue weighted by atomic mass is 35.5. The Morgan fingerprint density at radius 1 is 1.06 bits per heavy atom. The van der Waals surface area contributed by atoms with Gasteiger partial charge in [-0.25, -0.2) is 4.79 Å². The number of fused-ring (bicyclic) bond motifs is 1. The predicted octanol–water partition coefficient (Wildman–Crippen LogP) is 6.51. The van der Waals surface area contributed by atoms with Crippen molar-refractivity contribution < 1.29 is 32.2 Å². The second-order valence-corrected chi connectivity index (χ2v) is 9.45. The lowest BCUT2D eigenvalue weighted by molar-refractivity contribution is -0.170. The number of esters is 2. The number of hydrogen-bond donors (Lipinski definition) is 0. The first-order valence-corrected chi connectivity index (χ1v) is 11.0. The molecule has 0 N–H and O–H groups in total. The number of ether oxygens (including phenoxy) is 2. The fourth-order valence-electron chi connectivity index (χ4n) is 2.98. The Labute approximate surface area is 209 Å². The van der Waals surface area contributed by atoms with Gasteiger partial charge in [-0.3, -0.25) is 9.48 Å². The summed E-state index contributed by atoms with van der Waals surface area (Å²) < 4.78 is 51.0. The zero-order valence-electron chi connectivity index (χ0n) is 19.0. The summed E-state index contributed by atoms with van der Waals surface area (Å²) in [5.41, 5.74) is -0.575. The number of aromatic nitrogens is 2. The van der Waals surface area contributed by atoms with Gasteiger partial charge in [0, 0.05) is 21.5 Å². The number of halogens is 5. The molecule has 2 aromatic carbocycles. The molecular formula is C24H21Cl2F3N2O4. The summed E-state index contributed by atoms with van der Waals surface area (Å²) in [6.07, 6.45) is -2.20. The molecule has 0 fully saturated rings. The molecule has 3 rings (SSSR count). The summed E-state index contributed by atoms with van der Waals surface area (Å²) in [5.74, 6) is -1.36. The minimum atomic E-state index is -4.55. The maximum Gasteiger partial charge on any atom is 0.416 e. The van der Waals surface area contributed by atoms with E-state index >= 15 is 0 Å². The van der Waals surface area contributed by atoms with Gasteiger partial charge < -0.3 is 9.47 Å². The number of carbonyl (C=O) groups is 2. The second-order valence-electron chi connectivity index (χ2n) is 8.60. The molecule has 3 aromatic rings. The first-order valence-electron chi connectivity index (χ1n) is 10.3. The molecule has 0 aliphatic rings. The lowest BCUT2D eigenvalue weighted by Gasteiger charge is -2.15. The monoisotopic (exact) mass is 528 g/mol. The van der Waals surface area contributed by atoms with Crippen LogP contribution in [0.25, 0.3) is 17.0 Å². The normalized spacial score (nSPS) is 12.3. The van der Waals surface area contributed by atoms with E-state index in [4.69, 9.17) is 32.7 Å². The molecule has 0 atom stereocenters. The van der Waals surface area contributed by atoms with Crippen molar-refractivity contribution in [3.63, 3.8) is 0 Å². The summed E-state index contributed by atoms with van der Waals surface area (Å²) in [5, 5.41) is 5.49. The van der Waals surface area contributed by atoms with Crippen molar-refractivity contribution in [2.24, 2.45) is 5.41 Å². The lowest BCUT2D eigenvalue weighted by Crippen LogP contribution is -2.24. The fourth-order valence-corrected chi connectivity index (χ4v) is 3.45. The van der Waals surface area contributed by atoms with Gasteiger partial charge in [-0.1, -0.05) is 29.3 Å². The molecule has 0 amide bonds. The zero-order chi connectivity index (χ0) is 26.0. The van der Waals surface area contributed by atoms with Crippen LogP contribution in [0.3, 0.4) is 0 Å². The Bertz CT molecular complexity index is 1290. The van der Waals surface area contributed by atoms with Gasteiger partial charge in [0.25, 0.3) is 0 Å². The van der Waals surface area contributed by atoms with Crippen LogP contribution in [0.1, 0.15) is 37.6 Å². The van der Waals surface area contributed by atoms with Crippen LogP contribution < -0.4 is 0 Å². The summed E-state index contributed by atoms with van der Waals surface area (Å²) in [4.78, 5) is 23.8. The molecule has 0 saturated heterocycles. The van der Waals surface area contributed by atoms with Gasteiger partial charge in [0.05, 0.1) is 28.7 Å². The van der Waals surface area contributed by atoms with Crippen LogP contribution in [0.5, 0.6) is 0 Å². The Balaban J connectivity index is 1.88. The number of nitrogens with zero attached hydrogens (tertiary/aromatic N) is 2. The molecule has 11 heteroatoms. The van der Waals surface area contributed by atoms with E-state index in [2.05, 4.69) is 5.10 Å². The van der Waals surface area contributed by atoms with Crippen LogP contribution in [0.15, 0.2) is 42.5 Å². The number of rotatable bonds is 6. The average molecular weight is 529 g/mol. The van der Waals surface area contributed by atoms with Crippen molar-refractivity contribution in [3.05, 3.63) is 69.3 Å². The molecule has 0 aliphatic heterocycles. The van der Waals surface area contributed by atoms with Crippen molar-refractivity contribution in [2.45, 2.75) is 33.5 Å². The molecule has 6 nitrogen and oxygen atoms in total. The van der Waals surface area contributed by atoms with Crippen LogP contribution in [-0.4, -0.2) is 28.5 Å². The molecule has 0 unspecified atom stereocenters. The van der Waals surface area contributed by atoms with Crippen LogP contribution in [-0.2, 0) is 31.8 Å². The van der Waals surface area contributed by atoms with Gasteiger partial charge in [-0.05, 0) is 62.7 Å². The average Bonchev–Trinajstić information content (AvgIpc) is 3.09. The highest BCUT2D eigenvalue weighted by molar-refractivity contribution is 6.35. The molecule has 35 heavy (non-hydrogen) atoms. The van der Waals surface area contributed by atoms with Gasteiger partial charge in [-0.15, -0.1) is 0 Å². The van der Waals surface area contributed by atoms with E-state index in [1.54, 1.807) is 32.9 Å². The molecule has 1 heterocycles. The molecule has 0 bridgehead atoms. The van der Waals surface area contributed by atoms with Crippen molar-refractivity contribution >= 4 is 52.1 Å². The molecule has 0 saturated carbocycles. The highest BCUT2D eigenvalue weighted by Crippen LogP contribution is 2.33. The zero-order valence-corrected chi connectivity index (χ0v) is 20.5. The Hall–Kier alpha value is -3.04. The topological polar surface area (TPSA) is 70.4 Å². The molecule has 1 aromatic heterocycles. The fraction of sp³-hybridized carbons (Fsp3) is 0.292. The van der Waals surface area contributed by atoms with Gasteiger partial charge in [-0.2, -0.15) is 18.3 Å². The third-order valence-electron chi connectivity index (χ3n) is 4.82. The van der Waals surface area contributed by atoms with Gasteiger partial charge >= 0.3 is 18.1 Å². The Morgan fingerprint density at radius 3 is 2.40 bits per heavy atom. The summed E-state index contributed by atoms with van der Waals surface area (Å²) in [7, 11) is 0. The smallest absolute Gasteiger partial charge is 0.416 e. The molecule has 0 spiro atoms. The summed E-state index contributed by atoms with van der Waals surface area (Å²) >= 11 is 12.2. The first kappa shape index (κ1) is 26.6. The van der Waals surface area contributed by atoms with Crippen LogP contribution in [0.2, 0.25) is 10.0 Å². The molecule has 0 radical (unpaired) electrons. The van der Waals surface area contributed by atoms with Gasteiger partial charge in [0.15, 0.2) is 0 Å². The van der Waals surface area contributed by atoms with Crippen molar-refractivity contribution in [2.75, 3.05) is 6.79 Å². The maximum absolute atomic E-state index is 13.3. The van der Waals surface area contributed by atoms with Crippen LogP contribution in [0, 0.1) is 5.41 Å². The summed E-state index contributed by atoms with van der Waals surface area (Å²) in [6, 6.07) is 7.98. The minimum Gasteiger partial charge on any atom is -0.427 e. The van der Waals surface area contributed by atoms with Crippen molar-refractivity contribution in [1.82, 2.24) is 9.78 Å². The lowest BCUT2D eigenvalue weighted by atomic mass is 9.98. The quantitative estimate of drug-likeness (QED) is 0.207. The molecule has 0 aliphatic carbocycles. The van der Waals surface area contributed by atoms with Gasteiger partial charge in [0.1, 0.15) is 0 Å². The third-order valence-corrected chi connectivity index (χ3v) is 5.41. The Kier molecular flexibility index (Phi) is 7.81. The molecule has 186 valence electrons. The summed E-state index contributed by atoms with van der Waals surface area (Å²) in [6.45, 7) is 4.45. The predicted molar refractivity (Wildman–Crippen MR) is 126 cm³/mol. The third kappa shape index (κ3) is 6.76. The van der Waals surface area contributed by atoms with E-state index in [9.17, 15) is 22.8 Å².